The third-order valence-electron chi connectivity index (χ3n) is 1.77. The lowest BCUT2D eigenvalue weighted by atomic mass is 10.3. The minimum atomic E-state index is -0.279. The fourth-order valence-electron chi connectivity index (χ4n) is 1.10. The molecule has 1 aromatic heterocycles. The predicted octanol–water partition coefficient (Wildman–Crippen LogP) is 3.39. The van der Waals surface area contributed by atoms with Crippen molar-refractivity contribution >= 4 is 50.8 Å². The molecule has 2 N–H and O–H groups in total. The van der Waals surface area contributed by atoms with Crippen LogP contribution in [0.2, 0.25) is 0 Å². The van der Waals surface area contributed by atoms with Crippen LogP contribution in [0.5, 0.6) is 0 Å². The van der Waals surface area contributed by atoms with Gasteiger partial charge < -0.3 is 5.32 Å². The third-order valence-corrected chi connectivity index (χ3v) is 3.40. The number of anilines is 2. The molecule has 16 heavy (non-hydrogen) atoms. The van der Waals surface area contributed by atoms with Crippen LogP contribution in [0, 0.1) is 3.57 Å². The number of hydrogen-bond donors (Lipinski definition) is 2. The Morgan fingerprint density at radius 3 is 2.81 bits per heavy atom. The highest BCUT2D eigenvalue weighted by Crippen LogP contribution is 2.17. The highest BCUT2D eigenvalue weighted by molar-refractivity contribution is 14.1. The molecule has 0 aliphatic heterocycles. The van der Waals surface area contributed by atoms with Crippen LogP contribution in [0.1, 0.15) is 0 Å². The Morgan fingerprint density at radius 2 is 2.12 bits per heavy atom. The number of aromatic nitrogens is 1. The average molecular weight is 345 g/mol. The van der Waals surface area contributed by atoms with E-state index < -0.39 is 0 Å². The maximum Gasteiger partial charge on any atom is 0.325 e. The lowest BCUT2D eigenvalue weighted by Gasteiger charge is -2.06. The summed E-state index contributed by atoms with van der Waals surface area (Å²) >= 11 is 3.55. The lowest BCUT2D eigenvalue weighted by Crippen LogP contribution is -2.19. The van der Waals surface area contributed by atoms with Crippen molar-refractivity contribution in [3.8, 4) is 0 Å². The maximum atomic E-state index is 11.6. The Hall–Kier alpha value is -1.15. The molecule has 0 saturated heterocycles. The van der Waals surface area contributed by atoms with Crippen molar-refractivity contribution in [1.29, 1.82) is 0 Å². The van der Waals surface area contributed by atoms with Gasteiger partial charge in [-0.3, -0.25) is 5.32 Å². The second-order valence-corrected chi connectivity index (χ2v) is 4.95. The summed E-state index contributed by atoms with van der Waals surface area (Å²) in [4.78, 5) is 15.5. The van der Waals surface area contributed by atoms with E-state index in [1.54, 1.807) is 6.20 Å². The number of amides is 2. The van der Waals surface area contributed by atoms with E-state index in [0.717, 1.165) is 9.26 Å². The number of urea groups is 1. The van der Waals surface area contributed by atoms with Gasteiger partial charge in [-0.1, -0.05) is 12.1 Å². The summed E-state index contributed by atoms with van der Waals surface area (Å²) in [5, 5.41) is 7.80. The van der Waals surface area contributed by atoms with Crippen molar-refractivity contribution in [2.24, 2.45) is 0 Å². The quantitative estimate of drug-likeness (QED) is 0.820. The largest absolute Gasteiger partial charge is 0.325 e. The Bertz CT molecular complexity index is 487. The molecule has 1 heterocycles. The smallest absolute Gasteiger partial charge is 0.307 e. The van der Waals surface area contributed by atoms with E-state index in [1.165, 1.54) is 11.3 Å². The van der Waals surface area contributed by atoms with Crippen molar-refractivity contribution in [2.45, 2.75) is 0 Å². The molecule has 4 nitrogen and oxygen atoms in total. The van der Waals surface area contributed by atoms with Gasteiger partial charge in [0, 0.05) is 15.1 Å². The van der Waals surface area contributed by atoms with Gasteiger partial charge in [0.2, 0.25) is 0 Å². The van der Waals surface area contributed by atoms with Crippen molar-refractivity contribution < 1.29 is 4.79 Å². The summed E-state index contributed by atoms with van der Waals surface area (Å²) in [6.07, 6.45) is 1.65. The van der Waals surface area contributed by atoms with Gasteiger partial charge in [0.15, 0.2) is 5.13 Å². The van der Waals surface area contributed by atoms with E-state index in [1.807, 2.05) is 29.6 Å². The zero-order valence-electron chi connectivity index (χ0n) is 8.11. The van der Waals surface area contributed by atoms with Crippen LogP contribution in [0.4, 0.5) is 15.6 Å². The summed E-state index contributed by atoms with van der Waals surface area (Å²) in [5.74, 6) is 0. The highest BCUT2D eigenvalue weighted by atomic mass is 127. The first kappa shape index (κ1) is 11.3. The number of rotatable bonds is 2. The second-order valence-electron chi connectivity index (χ2n) is 2.90. The summed E-state index contributed by atoms with van der Waals surface area (Å²) in [6.45, 7) is 0. The molecular formula is C10H8IN3OS. The Balaban J connectivity index is 2.00. The minimum absolute atomic E-state index is 0.279. The van der Waals surface area contributed by atoms with E-state index >= 15 is 0 Å². The molecule has 2 rings (SSSR count). The molecule has 0 saturated carbocycles. The fourth-order valence-corrected chi connectivity index (χ4v) is 2.14. The van der Waals surface area contributed by atoms with Crippen LogP contribution < -0.4 is 10.6 Å². The van der Waals surface area contributed by atoms with E-state index in [-0.39, 0.29) is 6.03 Å². The van der Waals surface area contributed by atoms with Crippen LogP contribution in [-0.4, -0.2) is 11.0 Å². The lowest BCUT2D eigenvalue weighted by molar-refractivity contribution is 0.262. The summed E-state index contributed by atoms with van der Waals surface area (Å²) < 4.78 is 0.995. The monoisotopic (exact) mass is 345 g/mol. The van der Waals surface area contributed by atoms with Gasteiger partial charge in [-0.2, -0.15) is 0 Å². The van der Waals surface area contributed by atoms with Crippen LogP contribution in [0.3, 0.4) is 0 Å². The SMILES string of the molecule is O=C(Nc1nccs1)Nc1ccccc1I. The van der Waals surface area contributed by atoms with Gasteiger partial charge in [-0.05, 0) is 34.7 Å². The summed E-state index contributed by atoms with van der Waals surface area (Å²) in [5.41, 5.74) is 0.789. The topological polar surface area (TPSA) is 54.0 Å². The standard InChI is InChI=1S/C10H8IN3OS/c11-7-3-1-2-4-8(7)13-9(15)14-10-12-5-6-16-10/h1-6H,(H2,12,13,14,15). The molecule has 0 fully saturated rings. The molecule has 0 radical (unpaired) electrons. The Kier molecular flexibility index (Phi) is 3.73. The first-order valence-corrected chi connectivity index (χ1v) is 6.43. The highest BCUT2D eigenvalue weighted by Gasteiger charge is 2.05. The van der Waals surface area contributed by atoms with Gasteiger partial charge in [0.05, 0.1) is 5.69 Å². The predicted molar refractivity (Wildman–Crippen MR) is 73.9 cm³/mol. The number of halogens is 1. The molecule has 0 aliphatic carbocycles. The first-order chi connectivity index (χ1) is 7.75. The Morgan fingerprint density at radius 1 is 1.31 bits per heavy atom. The van der Waals surface area contributed by atoms with E-state index in [2.05, 4.69) is 38.2 Å². The zero-order chi connectivity index (χ0) is 11.4. The zero-order valence-corrected chi connectivity index (χ0v) is 11.1. The molecule has 82 valence electrons. The summed E-state index contributed by atoms with van der Waals surface area (Å²) in [7, 11) is 0. The third kappa shape index (κ3) is 2.92. The summed E-state index contributed by atoms with van der Waals surface area (Å²) in [6, 6.07) is 7.30. The number of carbonyl (C=O) groups is 1. The van der Waals surface area contributed by atoms with E-state index in [9.17, 15) is 4.79 Å². The molecule has 0 unspecified atom stereocenters. The molecular weight excluding hydrogens is 337 g/mol. The number of nitrogens with zero attached hydrogens (tertiary/aromatic N) is 1. The molecule has 2 amide bonds. The van der Waals surface area contributed by atoms with Gasteiger partial charge in [0.25, 0.3) is 0 Å². The molecule has 2 aromatic rings. The fraction of sp³-hybridized carbons (Fsp3) is 0. The number of thiazole rings is 1. The molecule has 6 heteroatoms. The van der Waals surface area contributed by atoms with Gasteiger partial charge in [-0.15, -0.1) is 11.3 Å². The van der Waals surface area contributed by atoms with Crippen LogP contribution in [0.25, 0.3) is 0 Å². The van der Waals surface area contributed by atoms with Gasteiger partial charge in [-0.25, -0.2) is 9.78 Å². The van der Waals surface area contributed by atoms with Crippen LogP contribution >= 0.6 is 33.9 Å². The van der Waals surface area contributed by atoms with Gasteiger partial charge in [0.1, 0.15) is 0 Å². The molecule has 0 spiro atoms. The first-order valence-electron chi connectivity index (χ1n) is 4.48. The maximum absolute atomic E-state index is 11.6. The Labute approximate surface area is 110 Å². The van der Waals surface area contributed by atoms with E-state index in [4.69, 9.17) is 0 Å². The van der Waals surface area contributed by atoms with Crippen molar-refractivity contribution in [3.05, 3.63) is 39.4 Å². The van der Waals surface area contributed by atoms with Gasteiger partial charge >= 0.3 is 6.03 Å². The minimum Gasteiger partial charge on any atom is -0.307 e. The molecule has 0 atom stereocenters. The normalized spacial score (nSPS) is 9.81. The van der Waals surface area contributed by atoms with E-state index in [0.29, 0.717) is 5.13 Å². The molecule has 1 aromatic carbocycles. The number of hydrogen-bond acceptors (Lipinski definition) is 3. The van der Waals surface area contributed by atoms with Crippen LogP contribution in [0.15, 0.2) is 35.8 Å². The van der Waals surface area contributed by atoms with Crippen molar-refractivity contribution in [2.75, 3.05) is 10.6 Å². The van der Waals surface area contributed by atoms with Crippen molar-refractivity contribution in [1.82, 2.24) is 4.98 Å². The van der Waals surface area contributed by atoms with Crippen LogP contribution in [-0.2, 0) is 0 Å². The van der Waals surface area contributed by atoms with Crippen molar-refractivity contribution in [3.63, 3.8) is 0 Å². The number of carbonyl (C=O) groups excluding carboxylic acids is 1. The number of para-hydroxylation sites is 1. The second kappa shape index (κ2) is 5.26. The molecule has 0 bridgehead atoms. The molecule has 0 aliphatic rings. The number of benzene rings is 1. The average Bonchev–Trinajstić information content (AvgIpc) is 2.74. The number of nitrogens with one attached hydrogen (secondary N) is 2.